The van der Waals surface area contributed by atoms with Crippen LogP contribution in [0.1, 0.15) is 51.8 Å². The van der Waals surface area contributed by atoms with Gasteiger partial charge in [-0.1, -0.05) is 27.2 Å². The van der Waals surface area contributed by atoms with Gasteiger partial charge >= 0.3 is 0 Å². The van der Waals surface area contributed by atoms with Crippen molar-refractivity contribution in [1.29, 1.82) is 0 Å². The first kappa shape index (κ1) is 13.2. The molecule has 0 fully saturated rings. The monoisotopic (exact) mass is 223 g/mol. The van der Waals surface area contributed by atoms with Gasteiger partial charge in [-0.2, -0.15) is 5.10 Å². The predicted octanol–water partition coefficient (Wildman–Crippen LogP) is 2.90. The van der Waals surface area contributed by atoms with E-state index in [0.717, 1.165) is 12.5 Å². The fourth-order valence-corrected chi connectivity index (χ4v) is 1.82. The van der Waals surface area contributed by atoms with Crippen LogP contribution < -0.4 is 5.32 Å². The van der Waals surface area contributed by atoms with Crippen LogP contribution in [0.5, 0.6) is 0 Å². The van der Waals surface area contributed by atoms with Crippen LogP contribution in [0.4, 0.5) is 0 Å². The molecule has 0 aliphatic heterocycles. The molecule has 92 valence electrons. The molecule has 16 heavy (non-hydrogen) atoms. The first-order chi connectivity index (χ1) is 7.67. The van der Waals surface area contributed by atoms with E-state index in [9.17, 15) is 0 Å². The molecule has 0 aliphatic rings. The zero-order valence-corrected chi connectivity index (χ0v) is 11.0. The Morgan fingerprint density at radius 2 is 2.19 bits per heavy atom. The van der Waals surface area contributed by atoms with Crippen LogP contribution in [0.15, 0.2) is 12.3 Å². The molecule has 1 heterocycles. The van der Waals surface area contributed by atoms with Gasteiger partial charge in [0.05, 0.1) is 11.7 Å². The summed E-state index contributed by atoms with van der Waals surface area (Å²) in [5.41, 5.74) is 1.18. The minimum Gasteiger partial charge on any atom is -0.309 e. The average molecular weight is 223 g/mol. The van der Waals surface area contributed by atoms with Gasteiger partial charge in [0.1, 0.15) is 0 Å². The molecule has 1 aromatic rings. The van der Waals surface area contributed by atoms with Crippen LogP contribution >= 0.6 is 0 Å². The summed E-state index contributed by atoms with van der Waals surface area (Å²) < 4.78 is 1.88. The summed E-state index contributed by atoms with van der Waals surface area (Å²) in [4.78, 5) is 0. The number of rotatable bonds is 7. The number of aromatic nitrogens is 2. The molecule has 1 aromatic heterocycles. The number of hydrogen-bond acceptors (Lipinski definition) is 2. The largest absolute Gasteiger partial charge is 0.309 e. The minimum absolute atomic E-state index is 0.413. The summed E-state index contributed by atoms with van der Waals surface area (Å²) >= 11 is 0. The smallest absolute Gasteiger partial charge is 0.0793 e. The van der Waals surface area contributed by atoms with Crippen LogP contribution in [0.3, 0.4) is 0 Å². The molecule has 3 nitrogen and oxygen atoms in total. The molecule has 3 heteroatoms. The first-order valence-corrected chi connectivity index (χ1v) is 6.40. The Labute approximate surface area is 99.2 Å². The van der Waals surface area contributed by atoms with E-state index in [0.29, 0.717) is 6.04 Å². The first-order valence-electron chi connectivity index (χ1n) is 6.40. The lowest BCUT2D eigenvalue weighted by atomic mass is 9.97. The summed E-state index contributed by atoms with van der Waals surface area (Å²) in [5, 5.41) is 8.09. The highest BCUT2D eigenvalue weighted by molar-refractivity contribution is 5.05. The molecule has 1 rings (SSSR count). The third-order valence-electron chi connectivity index (χ3n) is 3.07. The quantitative estimate of drug-likeness (QED) is 0.770. The highest BCUT2D eigenvalue weighted by Crippen LogP contribution is 2.21. The topological polar surface area (TPSA) is 29.9 Å². The third-order valence-corrected chi connectivity index (χ3v) is 3.07. The Balaban J connectivity index is 2.62. The molecule has 0 radical (unpaired) electrons. The van der Waals surface area contributed by atoms with Crippen LogP contribution in [0.2, 0.25) is 0 Å². The van der Waals surface area contributed by atoms with E-state index < -0.39 is 0 Å². The second-order valence-electron chi connectivity index (χ2n) is 4.67. The van der Waals surface area contributed by atoms with E-state index >= 15 is 0 Å². The van der Waals surface area contributed by atoms with Gasteiger partial charge in [0.25, 0.3) is 0 Å². The molecule has 2 unspecified atom stereocenters. The highest BCUT2D eigenvalue weighted by atomic mass is 15.3. The lowest BCUT2D eigenvalue weighted by Crippen LogP contribution is -2.24. The summed E-state index contributed by atoms with van der Waals surface area (Å²) in [6.45, 7) is 7.83. The molecule has 0 aliphatic carbocycles. The van der Waals surface area contributed by atoms with Gasteiger partial charge in [-0.25, -0.2) is 0 Å². The maximum Gasteiger partial charge on any atom is 0.0793 e. The molecular formula is C13H25N3. The van der Waals surface area contributed by atoms with Crippen molar-refractivity contribution in [1.82, 2.24) is 15.1 Å². The van der Waals surface area contributed by atoms with E-state index in [4.69, 9.17) is 0 Å². The van der Waals surface area contributed by atoms with Crippen molar-refractivity contribution in [3.8, 4) is 0 Å². The summed E-state index contributed by atoms with van der Waals surface area (Å²) in [7, 11) is 1.98. The minimum atomic E-state index is 0.413. The lowest BCUT2D eigenvalue weighted by molar-refractivity contribution is 0.394. The molecule has 0 bridgehead atoms. The second kappa shape index (κ2) is 6.69. The van der Waals surface area contributed by atoms with Gasteiger partial charge < -0.3 is 5.32 Å². The summed E-state index contributed by atoms with van der Waals surface area (Å²) in [6, 6.07) is 2.53. The van der Waals surface area contributed by atoms with E-state index in [2.05, 4.69) is 37.3 Å². The lowest BCUT2D eigenvalue weighted by Gasteiger charge is -2.19. The van der Waals surface area contributed by atoms with Crippen LogP contribution in [-0.2, 0) is 7.05 Å². The highest BCUT2D eigenvalue weighted by Gasteiger charge is 2.15. The van der Waals surface area contributed by atoms with Crippen LogP contribution in [0, 0.1) is 5.92 Å². The molecule has 0 saturated heterocycles. The number of nitrogens with one attached hydrogen (secondary N) is 1. The van der Waals surface area contributed by atoms with Crippen molar-refractivity contribution in [2.75, 3.05) is 6.54 Å². The molecule has 0 aromatic carbocycles. The normalized spacial score (nSPS) is 15.0. The fourth-order valence-electron chi connectivity index (χ4n) is 1.82. The standard InChI is InChI=1S/C13H25N3/c1-5-8-14-13(10-11(3)6-2)12-7-9-16(4)15-12/h7,9,11,13-14H,5-6,8,10H2,1-4H3. The van der Waals surface area contributed by atoms with Gasteiger partial charge in [0, 0.05) is 13.2 Å². The Morgan fingerprint density at radius 3 is 2.69 bits per heavy atom. The van der Waals surface area contributed by atoms with Crippen molar-refractivity contribution < 1.29 is 0 Å². The molecule has 1 N–H and O–H groups in total. The van der Waals surface area contributed by atoms with E-state index in [-0.39, 0.29) is 0 Å². The van der Waals surface area contributed by atoms with Crippen molar-refractivity contribution >= 4 is 0 Å². The zero-order chi connectivity index (χ0) is 12.0. The average Bonchev–Trinajstić information content (AvgIpc) is 2.70. The SMILES string of the molecule is CCCNC(CC(C)CC)c1ccn(C)n1. The summed E-state index contributed by atoms with van der Waals surface area (Å²) in [5.74, 6) is 0.747. The number of aryl methyl sites for hydroxylation is 1. The van der Waals surface area contributed by atoms with Crippen molar-refractivity contribution in [2.45, 2.75) is 46.1 Å². The maximum absolute atomic E-state index is 4.51. The Bertz CT molecular complexity index is 293. The van der Waals surface area contributed by atoms with Crippen LogP contribution in [0.25, 0.3) is 0 Å². The van der Waals surface area contributed by atoms with Crippen molar-refractivity contribution in [3.63, 3.8) is 0 Å². The maximum atomic E-state index is 4.51. The van der Waals surface area contributed by atoms with Gasteiger partial charge in [0.15, 0.2) is 0 Å². The Kier molecular flexibility index (Phi) is 5.53. The van der Waals surface area contributed by atoms with E-state index in [1.807, 2.05) is 17.9 Å². The van der Waals surface area contributed by atoms with Gasteiger partial charge in [-0.15, -0.1) is 0 Å². The molecule has 2 atom stereocenters. The number of nitrogens with zero attached hydrogens (tertiary/aromatic N) is 2. The van der Waals surface area contributed by atoms with Crippen molar-refractivity contribution in [2.24, 2.45) is 13.0 Å². The fraction of sp³-hybridized carbons (Fsp3) is 0.769. The van der Waals surface area contributed by atoms with E-state index in [1.165, 1.54) is 25.0 Å². The van der Waals surface area contributed by atoms with Gasteiger partial charge in [-0.3, -0.25) is 4.68 Å². The van der Waals surface area contributed by atoms with E-state index in [1.54, 1.807) is 0 Å². The van der Waals surface area contributed by atoms with Crippen LogP contribution in [-0.4, -0.2) is 16.3 Å². The Morgan fingerprint density at radius 1 is 1.44 bits per heavy atom. The zero-order valence-electron chi connectivity index (χ0n) is 11.0. The molecular weight excluding hydrogens is 198 g/mol. The Hall–Kier alpha value is -0.830. The van der Waals surface area contributed by atoms with Gasteiger partial charge in [-0.05, 0) is 31.4 Å². The summed E-state index contributed by atoms with van der Waals surface area (Å²) in [6.07, 6.45) is 5.60. The third kappa shape index (κ3) is 3.97. The molecule has 0 saturated carbocycles. The second-order valence-corrected chi connectivity index (χ2v) is 4.67. The van der Waals surface area contributed by atoms with Crippen molar-refractivity contribution in [3.05, 3.63) is 18.0 Å². The molecule has 0 amide bonds. The number of hydrogen-bond donors (Lipinski definition) is 1. The van der Waals surface area contributed by atoms with Gasteiger partial charge in [0.2, 0.25) is 0 Å². The predicted molar refractivity (Wildman–Crippen MR) is 68.3 cm³/mol. The molecule has 0 spiro atoms.